The summed E-state index contributed by atoms with van der Waals surface area (Å²) in [6, 6.07) is 9.83. The number of hydrogen-bond donors (Lipinski definition) is 2. The zero-order valence-corrected chi connectivity index (χ0v) is 21.6. The Balaban J connectivity index is 1.29. The first-order valence-electron chi connectivity index (χ1n) is 12.1. The smallest absolute Gasteiger partial charge is 0.287 e. The quantitative estimate of drug-likeness (QED) is 0.390. The predicted octanol–water partition coefficient (Wildman–Crippen LogP) is 4.61. The van der Waals surface area contributed by atoms with E-state index in [9.17, 15) is 4.79 Å². The average Bonchev–Trinajstić information content (AvgIpc) is 2.87. The van der Waals surface area contributed by atoms with Gasteiger partial charge in [-0.15, -0.1) is 0 Å². The van der Waals surface area contributed by atoms with Crippen LogP contribution in [0.3, 0.4) is 0 Å². The maximum atomic E-state index is 12.9. The van der Waals surface area contributed by atoms with Crippen molar-refractivity contribution in [1.82, 2.24) is 14.1 Å². The number of benzene rings is 1. The fraction of sp³-hybridized carbons (Fsp3) is 0.480. The maximum absolute atomic E-state index is 12.9. The van der Waals surface area contributed by atoms with E-state index in [2.05, 4.69) is 19.7 Å². The van der Waals surface area contributed by atoms with Gasteiger partial charge >= 0.3 is 0 Å². The van der Waals surface area contributed by atoms with Crippen LogP contribution in [0.25, 0.3) is 0 Å². The molecule has 10 heteroatoms. The van der Waals surface area contributed by atoms with E-state index < -0.39 is 0 Å². The van der Waals surface area contributed by atoms with Gasteiger partial charge in [-0.3, -0.25) is 9.79 Å². The van der Waals surface area contributed by atoms with Crippen LogP contribution in [-0.2, 0) is 4.74 Å². The molecule has 4 rings (SSSR count). The van der Waals surface area contributed by atoms with Crippen molar-refractivity contribution in [2.45, 2.75) is 38.6 Å². The van der Waals surface area contributed by atoms with E-state index in [1.807, 2.05) is 43.3 Å². The first kappa shape index (κ1) is 25.8. The first-order chi connectivity index (χ1) is 17.0. The highest BCUT2D eigenvalue weighted by atomic mass is 35.5. The number of halogens is 1. The molecule has 2 fully saturated rings. The predicted molar refractivity (Wildman–Crippen MR) is 144 cm³/mol. The number of rotatable bonds is 8. The zero-order chi connectivity index (χ0) is 24.6. The number of para-hydroxylation sites is 1. The summed E-state index contributed by atoms with van der Waals surface area (Å²) in [6.45, 7) is 5.83. The highest BCUT2D eigenvalue weighted by molar-refractivity contribution is 8.00. The molecule has 2 saturated heterocycles. The van der Waals surface area contributed by atoms with Crippen LogP contribution in [0.15, 0.2) is 57.4 Å². The lowest BCUT2D eigenvalue weighted by Crippen LogP contribution is -2.36. The monoisotopic (exact) mass is 516 g/mol. The summed E-state index contributed by atoms with van der Waals surface area (Å²) in [5.41, 5.74) is 8.36. The molecule has 0 aliphatic carbocycles. The molecule has 2 aromatic rings. The van der Waals surface area contributed by atoms with Crippen LogP contribution in [0.2, 0.25) is 5.02 Å². The SMILES string of the molecule is CC(/C=C(\N)SN1CCC(n2ncc(NCC3CCCOC3)c(Cl)c2=O)CC1)=Nc1ccccc1. The lowest BCUT2D eigenvalue weighted by atomic mass is 10.0. The number of ether oxygens (including phenoxy) is 1. The zero-order valence-electron chi connectivity index (χ0n) is 20.0. The summed E-state index contributed by atoms with van der Waals surface area (Å²) in [7, 11) is 0. The van der Waals surface area contributed by atoms with Crippen molar-refractivity contribution >= 4 is 40.6 Å². The second-order valence-corrected chi connectivity index (χ2v) is 10.5. The van der Waals surface area contributed by atoms with Gasteiger partial charge in [0.05, 0.1) is 35.2 Å². The second-order valence-electron chi connectivity index (χ2n) is 8.97. The van der Waals surface area contributed by atoms with Crippen LogP contribution in [-0.4, -0.2) is 52.6 Å². The minimum Gasteiger partial charge on any atom is -0.392 e. The molecule has 1 aromatic heterocycles. The van der Waals surface area contributed by atoms with Gasteiger partial charge in [-0.1, -0.05) is 29.8 Å². The van der Waals surface area contributed by atoms with Crippen LogP contribution < -0.4 is 16.6 Å². The molecule has 188 valence electrons. The Morgan fingerprint density at radius 2 is 2.09 bits per heavy atom. The number of nitrogens with two attached hydrogens (primary N) is 1. The van der Waals surface area contributed by atoms with E-state index in [4.69, 9.17) is 22.1 Å². The van der Waals surface area contributed by atoms with Gasteiger partial charge in [0.2, 0.25) is 0 Å². The molecule has 0 bridgehead atoms. The summed E-state index contributed by atoms with van der Waals surface area (Å²) in [5.74, 6) is 0.430. The molecule has 2 aliphatic rings. The van der Waals surface area contributed by atoms with Crippen molar-refractivity contribution in [1.29, 1.82) is 0 Å². The van der Waals surface area contributed by atoms with Crippen molar-refractivity contribution in [3.05, 3.63) is 63.0 Å². The normalized spacial score (nSPS) is 20.7. The largest absolute Gasteiger partial charge is 0.392 e. The van der Waals surface area contributed by atoms with Crippen molar-refractivity contribution in [2.75, 3.05) is 38.2 Å². The standard InChI is InChI=1S/C25H33ClN6O2S/c1-18(30-20-7-3-2-4-8-20)14-23(27)35-31-11-9-21(10-12-31)32-25(33)24(26)22(16-29-32)28-15-19-6-5-13-34-17-19/h2-4,7-8,14,16,19,21,28H,5-6,9-13,15,17,27H2,1H3/b23-14+,30-18?. The minimum atomic E-state index is -0.241. The first-order valence-corrected chi connectivity index (χ1v) is 13.2. The van der Waals surface area contributed by atoms with Crippen LogP contribution in [0.5, 0.6) is 0 Å². The molecule has 0 radical (unpaired) electrons. The van der Waals surface area contributed by atoms with Crippen molar-refractivity contribution in [2.24, 2.45) is 16.6 Å². The minimum absolute atomic E-state index is 0.0178. The molecular weight excluding hydrogens is 484 g/mol. The number of nitrogens with one attached hydrogen (secondary N) is 1. The van der Waals surface area contributed by atoms with E-state index >= 15 is 0 Å². The number of nitrogens with zero attached hydrogens (tertiary/aromatic N) is 4. The highest BCUT2D eigenvalue weighted by Crippen LogP contribution is 2.28. The van der Waals surface area contributed by atoms with E-state index in [1.54, 1.807) is 6.20 Å². The molecule has 1 aromatic carbocycles. The molecule has 3 heterocycles. The lowest BCUT2D eigenvalue weighted by molar-refractivity contribution is 0.0595. The van der Waals surface area contributed by atoms with Crippen molar-refractivity contribution in [3.8, 4) is 0 Å². The third-order valence-corrected chi connectivity index (χ3v) is 7.51. The summed E-state index contributed by atoms with van der Waals surface area (Å²) in [6.07, 6.45) is 7.34. The van der Waals surface area contributed by atoms with Gasteiger partial charge in [-0.05, 0) is 68.7 Å². The molecule has 1 unspecified atom stereocenters. The van der Waals surface area contributed by atoms with Gasteiger partial charge in [0.1, 0.15) is 5.02 Å². The number of aromatic nitrogens is 2. The Kier molecular flexibility index (Phi) is 9.25. The molecule has 1 atom stereocenters. The number of aliphatic imine (C=N–C) groups is 1. The summed E-state index contributed by atoms with van der Waals surface area (Å²) < 4.78 is 9.27. The third-order valence-electron chi connectivity index (χ3n) is 6.20. The molecule has 0 amide bonds. The Morgan fingerprint density at radius 1 is 1.31 bits per heavy atom. The van der Waals surface area contributed by atoms with Gasteiger partial charge < -0.3 is 15.8 Å². The number of piperidine rings is 1. The van der Waals surface area contributed by atoms with E-state index in [1.165, 1.54) is 16.6 Å². The Morgan fingerprint density at radius 3 is 2.80 bits per heavy atom. The molecule has 0 spiro atoms. The molecule has 2 aliphatic heterocycles. The maximum Gasteiger partial charge on any atom is 0.287 e. The molecule has 0 saturated carbocycles. The summed E-state index contributed by atoms with van der Waals surface area (Å²) >= 11 is 7.95. The van der Waals surface area contributed by atoms with Crippen LogP contribution in [0.1, 0.15) is 38.6 Å². The van der Waals surface area contributed by atoms with E-state index in [-0.39, 0.29) is 16.6 Å². The lowest BCUT2D eigenvalue weighted by Gasteiger charge is -2.31. The topological polar surface area (TPSA) is 97.8 Å². The van der Waals surface area contributed by atoms with Crippen LogP contribution >= 0.6 is 23.5 Å². The number of anilines is 1. The molecule has 35 heavy (non-hydrogen) atoms. The van der Waals surface area contributed by atoms with E-state index in [0.29, 0.717) is 16.6 Å². The van der Waals surface area contributed by atoms with Crippen LogP contribution in [0.4, 0.5) is 11.4 Å². The molecule has 3 N–H and O–H groups in total. The van der Waals surface area contributed by atoms with Crippen LogP contribution in [0, 0.1) is 5.92 Å². The van der Waals surface area contributed by atoms with E-state index in [0.717, 1.165) is 69.9 Å². The number of hydrogen-bond acceptors (Lipinski definition) is 8. The van der Waals surface area contributed by atoms with Gasteiger partial charge in [-0.2, -0.15) is 5.10 Å². The van der Waals surface area contributed by atoms with Gasteiger partial charge in [0.15, 0.2) is 0 Å². The average molecular weight is 517 g/mol. The fourth-order valence-electron chi connectivity index (χ4n) is 4.35. The third kappa shape index (κ3) is 7.33. The fourth-order valence-corrected chi connectivity index (χ4v) is 5.47. The second kappa shape index (κ2) is 12.6. The van der Waals surface area contributed by atoms with Gasteiger partial charge in [-0.25, -0.2) is 8.99 Å². The Labute approximate surface area is 215 Å². The van der Waals surface area contributed by atoms with Crippen molar-refractivity contribution in [3.63, 3.8) is 0 Å². The molecular formula is C25H33ClN6O2S. The summed E-state index contributed by atoms with van der Waals surface area (Å²) in [5, 5.41) is 8.62. The summed E-state index contributed by atoms with van der Waals surface area (Å²) in [4.78, 5) is 17.5. The van der Waals surface area contributed by atoms with Gasteiger partial charge in [0, 0.05) is 32.0 Å². The van der Waals surface area contributed by atoms with Gasteiger partial charge in [0.25, 0.3) is 5.56 Å². The Hall–Kier alpha value is -2.33. The number of allylic oxidation sites excluding steroid dienone is 1. The van der Waals surface area contributed by atoms with Crippen molar-refractivity contribution < 1.29 is 4.74 Å². The molecule has 8 nitrogen and oxygen atoms in total. The Bertz CT molecular complexity index is 1090. The highest BCUT2D eigenvalue weighted by Gasteiger charge is 2.24.